The highest BCUT2D eigenvalue weighted by Crippen LogP contribution is 2.42. The van der Waals surface area contributed by atoms with E-state index in [9.17, 15) is 9.13 Å². The maximum absolute atomic E-state index is 11.7. The van der Waals surface area contributed by atoms with Gasteiger partial charge in [-0.15, -0.1) is 0 Å². The van der Waals surface area contributed by atoms with Crippen molar-refractivity contribution in [3.63, 3.8) is 0 Å². The molecule has 176 valence electrons. The second kappa shape index (κ2) is 14.9. The van der Waals surface area contributed by atoms with Crippen LogP contribution in [0.5, 0.6) is 11.5 Å². The van der Waals surface area contributed by atoms with E-state index in [4.69, 9.17) is 30.4 Å². The second-order valence-electron chi connectivity index (χ2n) is 6.61. The van der Waals surface area contributed by atoms with Crippen molar-refractivity contribution in [2.45, 2.75) is 20.8 Å². The van der Waals surface area contributed by atoms with Crippen LogP contribution in [0, 0.1) is 0 Å². The molecule has 0 radical (unpaired) electrons. The zero-order valence-electron chi connectivity index (χ0n) is 19.0. The van der Waals surface area contributed by atoms with Crippen molar-refractivity contribution in [2.24, 2.45) is 0 Å². The van der Waals surface area contributed by atoms with Gasteiger partial charge < -0.3 is 30.4 Å². The summed E-state index contributed by atoms with van der Waals surface area (Å²) in [5.41, 5.74) is 12.2. The molecule has 0 aliphatic rings. The topological polar surface area (TPSA) is 134 Å². The highest BCUT2D eigenvalue weighted by molar-refractivity contribution is 7.58. The summed E-state index contributed by atoms with van der Waals surface area (Å²) in [6.07, 6.45) is 0.728. The third-order valence-corrected chi connectivity index (χ3v) is 6.97. The van der Waals surface area contributed by atoms with Gasteiger partial charge in [-0.3, -0.25) is 9.13 Å². The lowest BCUT2D eigenvalue weighted by atomic mass is 10.3. The highest BCUT2D eigenvalue weighted by Gasteiger charge is 2.15. The average Bonchev–Trinajstić information content (AvgIpc) is 2.71. The van der Waals surface area contributed by atoms with Gasteiger partial charge in [0.2, 0.25) is 7.37 Å². The zero-order chi connectivity index (χ0) is 23.9. The van der Waals surface area contributed by atoms with E-state index in [2.05, 4.69) is 0 Å². The fourth-order valence-corrected chi connectivity index (χ4v) is 3.64. The van der Waals surface area contributed by atoms with Gasteiger partial charge in [-0.05, 0) is 62.4 Å². The fraction of sp³-hybridized carbons (Fsp3) is 0.429. The minimum absolute atomic E-state index is 0.0881. The maximum atomic E-state index is 11.7. The summed E-state index contributed by atoms with van der Waals surface area (Å²) < 4.78 is 38.0. The van der Waals surface area contributed by atoms with E-state index in [0.29, 0.717) is 36.5 Å². The Morgan fingerprint density at radius 1 is 0.774 bits per heavy atom. The number of nitrogen functional groups attached to an aromatic ring is 2. The number of phenolic OH excluding ortho intramolecular Hbond substituents is 1. The van der Waals surface area contributed by atoms with Gasteiger partial charge in [0.1, 0.15) is 11.5 Å². The third kappa shape index (κ3) is 15.5. The summed E-state index contributed by atoms with van der Waals surface area (Å²) in [4.78, 5) is 0. The lowest BCUT2D eigenvalue weighted by molar-refractivity contribution is 0.297. The molecule has 2 unspecified atom stereocenters. The molecule has 0 aliphatic heterocycles. The summed E-state index contributed by atoms with van der Waals surface area (Å²) in [6, 6.07) is 13.3. The number of ether oxygens (including phenoxy) is 1. The molecule has 0 heterocycles. The number of hydrogen-bond acceptors (Lipinski definition) is 8. The summed E-state index contributed by atoms with van der Waals surface area (Å²) in [5, 5.41) is 8.70. The highest BCUT2D eigenvalue weighted by atomic mass is 31.2. The van der Waals surface area contributed by atoms with Gasteiger partial charge in [-0.2, -0.15) is 0 Å². The standard InChI is InChI=1S/C10H16NO3P.C6H7NO.C5H13O2P/c1-3-14-15(2,12)8-13-10-6-4-9(11)5-7-10;7-5-1-3-6(8)4-2-5;1-4-7-8(3,6)5-2/h4-7H,3,8,11H2,1-2H3;1-4,8H,7H2;4-5H2,1-3H3. The molecule has 0 aromatic heterocycles. The van der Waals surface area contributed by atoms with E-state index < -0.39 is 14.7 Å². The zero-order valence-corrected chi connectivity index (χ0v) is 20.8. The number of anilines is 2. The van der Waals surface area contributed by atoms with Gasteiger partial charge in [0.25, 0.3) is 0 Å². The molecule has 2 rings (SSSR count). The molecule has 0 saturated heterocycles. The summed E-state index contributed by atoms with van der Waals surface area (Å²) in [6.45, 7) is 9.74. The molecule has 0 fully saturated rings. The summed E-state index contributed by atoms with van der Waals surface area (Å²) in [7, 11) is -4.80. The summed E-state index contributed by atoms with van der Waals surface area (Å²) in [5.74, 6) is 0.894. The molecule has 0 bridgehead atoms. The molecule has 8 nitrogen and oxygen atoms in total. The van der Waals surface area contributed by atoms with E-state index in [1.807, 2.05) is 13.8 Å². The molecule has 0 amide bonds. The minimum Gasteiger partial charge on any atom is -0.508 e. The Hall–Kier alpha value is -1.98. The van der Waals surface area contributed by atoms with Crippen LogP contribution in [-0.4, -0.2) is 44.2 Å². The lowest BCUT2D eigenvalue weighted by Gasteiger charge is -2.13. The SMILES string of the molecule is CCOP(C)(=O)CC.CCOP(C)(=O)COc1ccc(N)cc1.Nc1ccc(O)cc1. The minimum atomic E-state index is -2.62. The molecule has 2 aromatic carbocycles. The van der Waals surface area contributed by atoms with Crippen molar-refractivity contribution in [1.82, 2.24) is 0 Å². The van der Waals surface area contributed by atoms with E-state index in [1.54, 1.807) is 68.8 Å². The van der Waals surface area contributed by atoms with E-state index in [1.165, 1.54) is 0 Å². The number of aromatic hydroxyl groups is 1. The van der Waals surface area contributed by atoms with Crippen LogP contribution in [0.15, 0.2) is 48.5 Å². The normalized spacial score (nSPS) is 14.0. The predicted octanol–water partition coefficient (Wildman–Crippen LogP) is 5.47. The molecule has 2 aromatic rings. The first kappa shape index (κ1) is 29.0. The van der Waals surface area contributed by atoms with Gasteiger partial charge in [-0.1, -0.05) is 6.92 Å². The Morgan fingerprint density at radius 3 is 1.55 bits per heavy atom. The fourth-order valence-electron chi connectivity index (χ4n) is 1.90. The Balaban J connectivity index is 0.000000477. The number of nitrogens with two attached hydrogens (primary N) is 2. The first-order valence-electron chi connectivity index (χ1n) is 9.89. The van der Waals surface area contributed by atoms with Gasteiger partial charge in [0.05, 0.1) is 13.2 Å². The first-order valence-corrected chi connectivity index (χ1v) is 14.4. The smallest absolute Gasteiger partial charge is 0.236 e. The van der Waals surface area contributed by atoms with E-state index in [-0.39, 0.29) is 12.1 Å². The molecule has 0 spiro atoms. The van der Waals surface area contributed by atoms with Crippen molar-refractivity contribution in [3.8, 4) is 11.5 Å². The molecular weight excluding hydrogens is 438 g/mol. The van der Waals surface area contributed by atoms with Crippen LogP contribution in [0.25, 0.3) is 0 Å². The number of benzene rings is 2. The van der Waals surface area contributed by atoms with E-state index in [0.717, 1.165) is 0 Å². The van der Waals surface area contributed by atoms with Gasteiger partial charge in [0.15, 0.2) is 13.7 Å². The van der Waals surface area contributed by atoms with Crippen LogP contribution in [0.3, 0.4) is 0 Å². The van der Waals surface area contributed by atoms with Crippen molar-refractivity contribution in [1.29, 1.82) is 0 Å². The van der Waals surface area contributed by atoms with Crippen LogP contribution in [-0.2, 0) is 18.2 Å². The Bertz CT molecular complexity index is 808. The molecule has 0 aliphatic carbocycles. The average molecular weight is 474 g/mol. The van der Waals surface area contributed by atoms with E-state index >= 15 is 0 Å². The van der Waals surface area contributed by atoms with Crippen LogP contribution < -0.4 is 16.2 Å². The number of hydrogen-bond donors (Lipinski definition) is 3. The van der Waals surface area contributed by atoms with Crippen molar-refractivity contribution in [2.75, 3.05) is 50.5 Å². The molecule has 2 atom stereocenters. The van der Waals surface area contributed by atoms with Gasteiger partial charge >= 0.3 is 0 Å². The molecule has 5 N–H and O–H groups in total. The predicted molar refractivity (Wildman–Crippen MR) is 130 cm³/mol. The van der Waals surface area contributed by atoms with Crippen LogP contribution in [0.1, 0.15) is 20.8 Å². The van der Waals surface area contributed by atoms with Crippen LogP contribution >= 0.6 is 14.7 Å². The maximum Gasteiger partial charge on any atom is 0.236 e. The first-order chi connectivity index (χ1) is 14.4. The molecule has 31 heavy (non-hydrogen) atoms. The summed E-state index contributed by atoms with van der Waals surface area (Å²) >= 11 is 0. The Kier molecular flexibility index (Phi) is 14.0. The van der Waals surface area contributed by atoms with Gasteiger partial charge in [0, 0.05) is 30.9 Å². The molecule has 0 saturated carbocycles. The van der Waals surface area contributed by atoms with Crippen LogP contribution in [0.2, 0.25) is 0 Å². The second-order valence-corrected chi connectivity index (χ2v) is 12.1. The number of rotatable bonds is 8. The largest absolute Gasteiger partial charge is 0.508 e. The molecular formula is C21H36N2O6P2. The molecule has 10 heteroatoms. The lowest BCUT2D eigenvalue weighted by Crippen LogP contribution is -2.01. The Morgan fingerprint density at radius 2 is 1.19 bits per heavy atom. The monoisotopic (exact) mass is 474 g/mol. The van der Waals surface area contributed by atoms with Crippen molar-refractivity contribution >= 4 is 26.1 Å². The Labute approximate surface area is 185 Å². The third-order valence-electron chi connectivity index (χ3n) is 3.62. The quantitative estimate of drug-likeness (QED) is 0.260. The van der Waals surface area contributed by atoms with Crippen molar-refractivity contribution in [3.05, 3.63) is 48.5 Å². The van der Waals surface area contributed by atoms with Gasteiger partial charge in [-0.25, -0.2) is 0 Å². The van der Waals surface area contributed by atoms with Crippen molar-refractivity contribution < 1.29 is 28.0 Å². The number of phenols is 1. The van der Waals surface area contributed by atoms with Crippen LogP contribution in [0.4, 0.5) is 11.4 Å².